The summed E-state index contributed by atoms with van der Waals surface area (Å²) >= 11 is 0. The van der Waals surface area contributed by atoms with Crippen LogP contribution in [0.15, 0.2) is 42.7 Å². The van der Waals surface area contributed by atoms with Crippen molar-refractivity contribution in [1.29, 1.82) is 0 Å². The first-order valence-corrected chi connectivity index (χ1v) is 8.67. The predicted molar refractivity (Wildman–Crippen MR) is 96.9 cm³/mol. The molecule has 1 fully saturated rings. The molecular weight excluding hydrogens is 316 g/mol. The maximum atomic E-state index is 12.7. The lowest BCUT2D eigenvalue weighted by molar-refractivity contribution is 0.0746. The molecule has 6 heteroatoms. The van der Waals surface area contributed by atoms with Crippen LogP contribution < -0.4 is 9.64 Å². The Labute approximate surface area is 148 Å². The first-order valence-electron chi connectivity index (χ1n) is 8.67. The van der Waals surface area contributed by atoms with Crippen molar-refractivity contribution in [2.45, 2.75) is 13.8 Å². The van der Waals surface area contributed by atoms with E-state index in [4.69, 9.17) is 4.74 Å². The van der Waals surface area contributed by atoms with Crippen LogP contribution in [0, 0.1) is 5.92 Å². The highest BCUT2D eigenvalue weighted by molar-refractivity contribution is 5.94. The number of hydrogen-bond acceptors (Lipinski definition) is 5. The SMILES string of the molecule is CC(C)COc1ccc(C(=O)N2CCN(c3ncccn3)CC2)cc1. The van der Waals surface area contributed by atoms with Gasteiger partial charge in [-0.15, -0.1) is 0 Å². The van der Waals surface area contributed by atoms with Crippen LogP contribution in [0.1, 0.15) is 24.2 Å². The van der Waals surface area contributed by atoms with Crippen LogP contribution in [0.2, 0.25) is 0 Å². The average molecular weight is 340 g/mol. The van der Waals surface area contributed by atoms with Gasteiger partial charge in [-0.25, -0.2) is 9.97 Å². The van der Waals surface area contributed by atoms with Crippen LogP contribution in [-0.2, 0) is 0 Å². The number of ether oxygens (including phenoxy) is 1. The molecule has 0 spiro atoms. The number of carbonyl (C=O) groups is 1. The summed E-state index contributed by atoms with van der Waals surface area (Å²) in [5.41, 5.74) is 0.696. The second-order valence-corrected chi connectivity index (χ2v) is 6.56. The second kappa shape index (κ2) is 7.96. The molecule has 0 N–H and O–H groups in total. The monoisotopic (exact) mass is 340 g/mol. The van der Waals surface area contributed by atoms with E-state index in [1.54, 1.807) is 18.5 Å². The van der Waals surface area contributed by atoms with Crippen molar-refractivity contribution in [3.05, 3.63) is 48.3 Å². The summed E-state index contributed by atoms with van der Waals surface area (Å²) in [5.74, 6) is 2.06. The van der Waals surface area contributed by atoms with Gasteiger partial charge in [0, 0.05) is 44.1 Å². The molecule has 0 aliphatic carbocycles. The Morgan fingerprint density at radius 1 is 1.08 bits per heavy atom. The summed E-state index contributed by atoms with van der Waals surface area (Å²) in [4.78, 5) is 25.2. The predicted octanol–water partition coefficient (Wildman–Crippen LogP) is 2.47. The fraction of sp³-hybridized carbons (Fsp3) is 0.421. The Hall–Kier alpha value is -2.63. The molecule has 25 heavy (non-hydrogen) atoms. The molecule has 1 aromatic carbocycles. The van der Waals surface area contributed by atoms with Gasteiger partial charge in [-0.1, -0.05) is 13.8 Å². The standard InChI is InChI=1S/C19H24N4O2/c1-15(2)14-25-17-6-4-16(5-7-17)18(24)22-10-12-23(13-11-22)19-20-8-3-9-21-19/h3-9,15H,10-14H2,1-2H3. The Morgan fingerprint density at radius 3 is 2.32 bits per heavy atom. The van der Waals surface area contributed by atoms with Gasteiger partial charge in [-0.3, -0.25) is 4.79 Å². The Morgan fingerprint density at radius 2 is 1.72 bits per heavy atom. The highest BCUT2D eigenvalue weighted by Gasteiger charge is 2.23. The third kappa shape index (κ3) is 4.47. The van der Waals surface area contributed by atoms with E-state index in [-0.39, 0.29) is 5.91 Å². The zero-order chi connectivity index (χ0) is 17.6. The zero-order valence-electron chi connectivity index (χ0n) is 14.8. The van der Waals surface area contributed by atoms with Gasteiger partial charge in [0.15, 0.2) is 0 Å². The molecule has 1 saturated heterocycles. The van der Waals surface area contributed by atoms with Gasteiger partial charge in [0.1, 0.15) is 5.75 Å². The van der Waals surface area contributed by atoms with Crippen molar-refractivity contribution in [3.63, 3.8) is 0 Å². The molecular formula is C19H24N4O2. The number of piperazine rings is 1. The number of amides is 1. The second-order valence-electron chi connectivity index (χ2n) is 6.56. The molecule has 1 aliphatic heterocycles. The minimum atomic E-state index is 0.0593. The summed E-state index contributed by atoms with van der Waals surface area (Å²) in [7, 11) is 0. The van der Waals surface area contributed by atoms with E-state index in [2.05, 4.69) is 28.7 Å². The van der Waals surface area contributed by atoms with Gasteiger partial charge in [0.25, 0.3) is 5.91 Å². The number of rotatable bonds is 5. The molecule has 2 aromatic rings. The van der Waals surface area contributed by atoms with E-state index < -0.39 is 0 Å². The molecule has 6 nitrogen and oxygen atoms in total. The molecule has 0 bridgehead atoms. The normalized spacial score (nSPS) is 14.7. The molecule has 132 valence electrons. The van der Waals surface area contributed by atoms with Gasteiger partial charge in [-0.2, -0.15) is 0 Å². The summed E-state index contributed by atoms with van der Waals surface area (Å²) in [5, 5.41) is 0. The minimum Gasteiger partial charge on any atom is -0.493 e. The first-order chi connectivity index (χ1) is 12.1. The van der Waals surface area contributed by atoms with Crippen LogP contribution in [0.25, 0.3) is 0 Å². The lowest BCUT2D eigenvalue weighted by atomic mass is 10.1. The molecule has 0 atom stereocenters. The molecule has 1 aromatic heterocycles. The molecule has 0 radical (unpaired) electrons. The van der Waals surface area contributed by atoms with Crippen molar-refractivity contribution < 1.29 is 9.53 Å². The van der Waals surface area contributed by atoms with Crippen molar-refractivity contribution >= 4 is 11.9 Å². The third-order valence-electron chi connectivity index (χ3n) is 4.09. The Kier molecular flexibility index (Phi) is 5.48. The molecule has 1 aliphatic rings. The van der Waals surface area contributed by atoms with E-state index in [0.29, 0.717) is 31.2 Å². The van der Waals surface area contributed by atoms with Crippen LogP contribution >= 0.6 is 0 Å². The number of nitrogens with zero attached hydrogens (tertiary/aromatic N) is 4. The maximum Gasteiger partial charge on any atom is 0.253 e. The molecule has 0 unspecified atom stereocenters. The van der Waals surface area contributed by atoms with Gasteiger partial charge in [0.05, 0.1) is 6.61 Å². The molecule has 2 heterocycles. The quantitative estimate of drug-likeness (QED) is 0.837. The van der Waals surface area contributed by atoms with Crippen LogP contribution in [0.3, 0.4) is 0 Å². The van der Waals surface area contributed by atoms with Crippen molar-refractivity contribution in [2.75, 3.05) is 37.7 Å². The first kappa shape index (κ1) is 17.2. The highest BCUT2D eigenvalue weighted by atomic mass is 16.5. The van der Waals surface area contributed by atoms with E-state index in [1.807, 2.05) is 29.2 Å². The fourth-order valence-corrected chi connectivity index (χ4v) is 2.70. The van der Waals surface area contributed by atoms with Gasteiger partial charge in [0.2, 0.25) is 5.95 Å². The zero-order valence-corrected chi connectivity index (χ0v) is 14.8. The number of benzene rings is 1. The van der Waals surface area contributed by atoms with E-state index in [0.717, 1.165) is 24.8 Å². The maximum absolute atomic E-state index is 12.7. The molecule has 1 amide bonds. The summed E-state index contributed by atoms with van der Waals surface area (Å²) in [6, 6.07) is 9.21. The van der Waals surface area contributed by atoms with Crippen molar-refractivity contribution in [3.8, 4) is 5.75 Å². The number of hydrogen-bond donors (Lipinski definition) is 0. The smallest absolute Gasteiger partial charge is 0.253 e. The topological polar surface area (TPSA) is 58.6 Å². The van der Waals surface area contributed by atoms with Crippen molar-refractivity contribution in [2.24, 2.45) is 5.92 Å². The van der Waals surface area contributed by atoms with E-state index in [1.165, 1.54) is 0 Å². The molecule has 3 rings (SSSR count). The van der Waals surface area contributed by atoms with E-state index in [9.17, 15) is 4.79 Å². The van der Waals surface area contributed by atoms with Crippen LogP contribution in [-0.4, -0.2) is 53.6 Å². The van der Waals surface area contributed by atoms with Gasteiger partial charge >= 0.3 is 0 Å². The number of carbonyl (C=O) groups excluding carboxylic acids is 1. The lowest BCUT2D eigenvalue weighted by Crippen LogP contribution is -2.49. The number of aromatic nitrogens is 2. The average Bonchev–Trinajstić information content (AvgIpc) is 2.67. The number of anilines is 1. The molecule has 0 saturated carbocycles. The third-order valence-corrected chi connectivity index (χ3v) is 4.09. The van der Waals surface area contributed by atoms with Gasteiger partial charge < -0.3 is 14.5 Å². The highest BCUT2D eigenvalue weighted by Crippen LogP contribution is 2.16. The summed E-state index contributed by atoms with van der Waals surface area (Å²) < 4.78 is 5.67. The largest absolute Gasteiger partial charge is 0.493 e. The van der Waals surface area contributed by atoms with Crippen LogP contribution in [0.5, 0.6) is 5.75 Å². The van der Waals surface area contributed by atoms with Crippen LogP contribution in [0.4, 0.5) is 5.95 Å². The fourth-order valence-electron chi connectivity index (χ4n) is 2.70. The summed E-state index contributed by atoms with van der Waals surface area (Å²) in [6.45, 7) is 7.72. The Bertz CT molecular complexity index is 680. The van der Waals surface area contributed by atoms with Crippen molar-refractivity contribution in [1.82, 2.24) is 14.9 Å². The minimum absolute atomic E-state index is 0.0593. The summed E-state index contributed by atoms with van der Waals surface area (Å²) in [6.07, 6.45) is 3.48. The van der Waals surface area contributed by atoms with E-state index >= 15 is 0 Å². The lowest BCUT2D eigenvalue weighted by Gasteiger charge is -2.34. The Balaban J connectivity index is 1.55. The van der Waals surface area contributed by atoms with Gasteiger partial charge in [-0.05, 0) is 36.2 Å².